The minimum Gasteiger partial charge on any atom is -0.489 e. The molecule has 1 N–H and O–H groups in total. The third-order valence-electron chi connectivity index (χ3n) is 2.99. The average Bonchev–Trinajstić information content (AvgIpc) is 2.66. The molecule has 0 aliphatic rings. The van der Waals surface area contributed by atoms with Crippen LogP contribution in [0.4, 0.5) is 4.39 Å². The zero-order valence-electron chi connectivity index (χ0n) is 11.1. The number of rotatable bonds is 4. The summed E-state index contributed by atoms with van der Waals surface area (Å²) in [7, 11) is 0. The first-order valence-corrected chi connectivity index (χ1v) is 6.01. The van der Waals surface area contributed by atoms with Gasteiger partial charge in [0.15, 0.2) is 0 Å². The van der Waals surface area contributed by atoms with E-state index in [0.29, 0.717) is 11.5 Å². The molecule has 0 fully saturated rings. The molecule has 102 valence electrons. The van der Waals surface area contributed by atoms with E-state index < -0.39 is 11.9 Å². The van der Waals surface area contributed by atoms with Gasteiger partial charge in [-0.2, -0.15) is 0 Å². The second kappa shape index (κ2) is 5.40. The predicted octanol–water partition coefficient (Wildman–Crippen LogP) is 3.06. The smallest absolute Gasteiger partial charge is 0.140 e. The van der Waals surface area contributed by atoms with Crippen LogP contribution in [0.15, 0.2) is 22.7 Å². The highest BCUT2D eigenvalue weighted by atomic mass is 19.1. The van der Waals surface area contributed by atoms with Gasteiger partial charge in [-0.05, 0) is 32.9 Å². The second-order valence-corrected chi connectivity index (χ2v) is 4.45. The van der Waals surface area contributed by atoms with Crippen molar-refractivity contribution in [2.24, 2.45) is 0 Å². The number of aryl methyl sites for hydroxylation is 2. The molecule has 19 heavy (non-hydrogen) atoms. The van der Waals surface area contributed by atoms with Crippen LogP contribution in [0.1, 0.15) is 35.6 Å². The third-order valence-corrected chi connectivity index (χ3v) is 2.99. The Balaban J connectivity index is 2.10. The summed E-state index contributed by atoms with van der Waals surface area (Å²) in [5, 5.41) is 13.2. The maximum absolute atomic E-state index is 13.7. The highest BCUT2D eigenvalue weighted by Crippen LogP contribution is 2.23. The normalized spacial score (nSPS) is 12.5. The van der Waals surface area contributed by atoms with Crippen LogP contribution in [-0.4, -0.2) is 10.3 Å². The van der Waals surface area contributed by atoms with Gasteiger partial charge in [-0.15, -0.1) is 0 Å². The van der Waals surface area contributed by atoms with Crippen LogP contribution in [0.3, 0.4) is 0 Å². The van der Waals surface area contributed by atoms with Gasteiger partial charge in [-0.3, -0.25) is 0 Å². The van der Waals surface area contributed by atoms with Crippen LogP contribution in [0.25, 0.3) is 0 Å². The van der Waals surface area contributed by atoms with Gasteiger partial charge in [0, 0.05) is 11.6 Å². The summed E-state index contributed by atoms with van der Waals surface area (Å²) in [5.41, 5.74) is 1.88. The van der Waals surface area contributed by atoms with Gasteiger partial charge in [0.05, 0.1) is 17.4 Å². The van der Waals surface area contributed by atoms with E-state index in [4.69, 9.17) is 9.26 Å². The highest BCUT2D eigenvalue weighted by molar-refractivity contribution is 5.30. The molecule has 0 amide bonds. The molecule has 0 saturated heterocycles. The monoisotopic (exact) mass is 265 g/mol. The Hall–Kier alpha value is -1.88. The van der Waals surface area contributed by atoms with Crippen molar-refractivity contribution in [3.8, 4) is 5.75 Å². The van der Waals surface area contributed by atoms with E-state index >= 15 is 0 Å². The first-order chi connectivity index (χ1) is 8.99. The highest BCUT2D eigenvalue weighted by Gasteiger charge is 2.12. The molecule has 1 aromatic heterocycles. The predicted molar refractivity (Wildman–Crippen MR) is 67.3 cm³/mol. The van der Waals surface area contributed by atoms with Crippen molar-refractivity contribution in [2.75, 3.05) is 0 Å². The molecule has 5 heteroatoms. The number of ether oxygens (including phenoxy) is 1. The van der Waals surface area contributed by atoms with Crippen LogP contribution in [0.2, 0.25) is 0 Å². The Bertz CT molecular complexity index is 559. The van der Waals surface area contributed by atoms with E-state index in [1.165, 1.54) is 19.1 Å². The minimum atomic E-state index is -0.836. The molecule has 0 spiro atoms. The third kappa shape index (κ3) is 2.93. The summed E-state index contributed by atoms with van der Waals surface area (Å²) >= 11 is 0. The van der Waals surface area contributed by atoms with Crippen LogP contribution in [-0.2, 0) is 6.61 Å². The lowest BCUT2D eigenvalue weighted by atomic mass is 10.1. The van der Waals surface area contributed by atoms with E-state index in [0.717, 1.165) is 11.3 Å². The van der Waals surface area contributed by atoms with Crippen molar-refractivity contribution in [3.05, 3.63) is 46.6 Å². The molecule has 1 unspecified atom stereocenters. The lowest BCUT2D eigenvalue weighted by molar-refractivity contribution is 0.194. The Morgan fingerprint density at radius 3 is 2.68 bits per heavy atom. The molecule has 2 aromatic rings. The standard InChI is InChI=1S/C14H16FNO3/c1-8-13(10(3)19-16-8)7-18-11-4-5-12(9(2)17)14(15)6-11/h4-6,9,17H,7H2,1-3H3. The Morgan fingerprint density at radius 1 is 1.42 bits per heavy atom. The van der Waals surface area contributed by atoms with Crippen molar-refractivity contribution in [1.29, 1.82) is 0 Å². The molecule has 1 aromatic carbocycles. The fraction of sp³-hybridized carbons (Fsp3) is 0.357. The van der Waals surface area contributed by atoms with E-state index in [1.807, 2.05) is 6.92 Å². The molecule has 0 radical (unpaired) electrons. The molecule has 2 rings (SSSR count). The molecule has 1 atom stereocenters. The topological polar surface area (TPSA) is 55.5 Å². The SMILES string of the molecule is Cc1noc(C)c1COc1ccc(C(C)O)c(F)c1. The molecule has 0 aliphatic heterocycles. The van der Waals surface area contributed by atoms with Crippen LogP contribution in [0, 0.1) is 19.7 Å². The van der Waals surface area contributed by atoms with Crippen molar-refractivity contribution in [2.45, 2.75) is 33.5 Å². The van der Waals surface area contributed by atoms with Crippen molar-refractivity contribution < 1.29 is 18.8 Å². The van der Waals surface area contributed by atoms with Gasteiger partial charge in [0.1, 0.15) is 23.9 Å². The van der Waals surface area contributed by atoms with E-state index in [2.05, 4.69) is 5.16 Å². The first-order valence-electron chi connectivity index (χ1n) is 6.01. The number of aliphatic hydroxyl groups is 1. The molecule has 0 aliphatic carbocycles. The summed E-state index contributed by atoms with van der Waals surface area (Å²) < 4.78 is 24.2. The number of hydrogen-bond acceptors (Lipinski definition) is 4. The summed E-state index contributed by atoms with van der Waals surface area (Å²) in [6, 6.07) is 4.41. The van der Waals surface area contributed by atoms with Gasteiger partial charge in [0.2, 0.25) is 0 Å². The Labute approximate surface area is 110 Å². The average molecular weight is 265 g/mol. The number of aliphatic hydroxyl groups excluding tert-OH is 1. The van der Waals surface area contributed by atoms with Crippen molar-refractivity contribution >= 4 is 0 Å². The van der Waals surface area contributed by atoms with Crippen molar-refractivity contribution in [1.82, 2.24) is 5.16 Å². The number of nitrogens with zero attached hydrogens (tertiary/aromatic N) is 1. The summed E-state index contributed by atoms with van der Waals surface area (Å²) in [6.07, 6.45) is -0.836. The van der Waals surface area contributed by atoms with Gasteiger partial charge in [-0.1, -0.05) is 5.16 Å². The van der Waals surface area contributed by atoms with Gasteiger partial charge >= 0.3 is 0 Å². The fourth-order valence-corrected chi connectivity index (χ4v) is 1.80. The Kier molecular flexibility index (Phi) is 3.85. The van der Waals surface area contributed by atoms with Crippen molar-refractivity contribution in [3.63, 3.8) is 0 Å². The lowest BCUT2D eigenvalue weighted by Crippen LogP contribution is -2.00. The minimum absolute atomic E-state index is 0.254. The number of hydrogen-bond donors (Lipinski definition) is 1. The zero-order valence-corrected chi connectivity index (χ0v) is 11.1. The lowest BCUT2D eigenvalue weighted by Gasteiger charge is -2.09. The van der Waals surface area contributed by atoms with E-state index in [1.54, 1.807) is 13.0 Å². The molecule has 0 saturated carbocycles. The fourth-order valence-electron chi connectivity index (χ4n) is 1.80. The molecular formula is C14H16FNO3. The van der Waals surface area contributed by atoms with E-state index in [-0.39, 0.29) is 12.2 Å². The first kappa shape index (κ1) is 13.5. The second-order valence-electron chi connectivity index (χ2n) is 4.45. The summed E-state index contributed by atoms with van der Waals surface area (Å²) in [5.74, 6) is 0.617. The maximum atomic E-state index is 13.7. The van der Waals surface area contributed by atoms with Gasteiger partial charge < -0.3 is 14.4 Å². The number of aromatic nitrogens is 1. The largest absolute Gasteiger partial charge is 0.489 e. The van der Waals surface area contributed by atoms with Gasteiger partial charge in [0.25, 0.3) is 0 Å². The molecule has 1 heterocycles. The maximum Gasteiger partial charge on any atom is 0.140 e. The molecule has 4 nitrogen and oxygen atoms in total. The van der Waals surface area contributed by atoms with E-state index in [9.17, 15) is 9.50 Å². The number of benzene rings is 1. The molecular weight excluding hydrogens is 249 g/mol. The summed E-state index contributed by atoms with van der Waals surface area (Å²) in [4.78, 5) is 0. The number of halogens is 1. The van der Waals surface area contributed by atoms with Crippen LogP contribution >= 0.6 is 0 Å². The van der Waals surface area contributed by atoms with Gasteiger partial charge in [-0.25, -0.2) is 4.39 Å². The summed E-state index contributed by atoms with van der Waals surface area (Å²) in [6.45, 7) is 5.42. The Morgan fingerprint density at radius 2 is 2.16 bits per heavy atom. The van der Waals surface area contributed by atoms with Crippen LogP contribution < -0.4 is 4.74 Å². The van der Waals surface area contributed by atoms with Crippen LogP contribution in [0.5, 0.6) is 5.75 Å². The molecule has 0 bridgehead atoms. The zero-order chi connectivity index (χ0) is 14.0. The quantitative estimate of drug-likeness (QED) is 0.923.